The van der Waals surface area contributed by atoms with Crippen LogP contribution in [0, 0.1) is 64.1 Å². The van der Waals surface area contributed by atoms with Gasteiger partial charge in [0.1, 0.15) is 5.78 Å². The molecule has 194 valence electrons. The van der Waals surface area contributed by atoms with E-state index in [1.54, 1.807) is 0 Å². The van der Waals surface area contributed by atoms with Crippen molar-refractivity contribution in [2.45, 2.75) is 98.8 Å². The number of hydrogen-bond donors (Lipinski definition) is 0. The highest BCUT2D eigenvalue weighted by molar-refractivity contribution is 5.85. The standard InChI is InChI=1S/C35H48O/c1-24(2)10-9-11-25(3)29-16-17-30-28-23-33(36)32-22-27(15-14-26-12-7-6-8-13-26)18-20-35(32,5)31(28)19-21-34(29,30)4/h6-8,12-13,22,24-25,28-32H,9-11,16-21,23H2,1-5H3/t25-,28-,29+,30+,31-,32-,34-,35-/m1/s1. The Balaban J connectivity index is 1.32. The monoisotopic (exact) mass is 484 g/mol. The number of carbonyl (C=O) groups is 1. The summed E-state index contributed by atoms with van der Waals surface area (Å²) in [5, 5.41) is 0. The van der Waals surface area contributed by atoms with Crippen LogP contribution >= 0.6 is 0 Å². The SMILES string of the molecule is CC(C)CCC[C@@H](C)[C@@H]1CC[C@H]2[C@H]3CC(=O)[C@H]4C=C(C#Cc5ccccc5)CC[C@]4(C)[C@@H]3CC[C@@]21C. The van der Waals surface area contributed by atoms with Crippen molar-refractivity contribution in [3.05, 3.63) is 47.5 Å². The molecule has 3 fully saturated rings. The maximum Gasteiger partial charge on any atom is 0.140 e. The molecule has 0 saturated heterocycles. The number of Topliss-reactive ketones (excluding diaryl/α,β-unsaturated/α-hetero) is 1. The lowest BCUT2D eigenvalue weighted by Gasteiger charge is -2.59. The topological polar surface area (TPSA) is 17.1 Å². The van der Waals surface area contributed by atoms with Crippen LogP contribution in [0.2, 0.25) is 0 Å². The lowest BCUT2D eigenvalue weighted by molar-refractivity contribution is -0.146. The van der Waals surface area contributed by atoms with E-state index < -0.39 is 0 Å². The largest absolute Gasteiger partial charge is 0.299 e. The van der Waals surface area contributed by atoms with E-state index in [9.17, 15) is 4.79 Å². The Hall–Kier alpha value is -1.81. The first-order chi connectivity index (χ1) is 17.2. The summed E-state index contributed by atoms with van der Waals surface area (Å²) in [6.45, 7) is 12.3. The van der Waals surface area contributed by atoms with E-state index in [0.717, 1.165) is 48.5 Å². The van der Waals surface area contributed by atoms with Crippen LogP contribution in [-0.4, -0.2) is 5.78 Å². The summed E-state index contributed by atoms with van der Waals surface area (Å²) < 4.78 is 0. The number of rotatable bonds is 5. The Morgan fingerprint density at radius 1 is 0.917 bits per heavy atom. The molecule has 1 aromatic rings. The Labute approximate surface area is 220 Å². The third kappa shape index (κ3) is 4.64. The number of benzene rings is 1. The van der Waals surface area contributed by atoms with Gasteiger partial charge < -0.3 is 0 Å². The number of ketones is 1. The van der Waals surface area contributed by atoms with Crippen molar-refractivity contribution >= 4 is 5.78 Å². The molecule has 0 spiro atoms. The fourth-order valence-corrected chi connectivity index (χ4v) is 9.46. The zero-order chi connectivity index (χ0) is 25.5. The van der Waals surface area contributed by atoms with E-state index in [4.69, 9.17) is 0 Å². The first-order valence-corrected chi connectivity index (χ1v) is 15.0. The van der Waals surface area contributed by atoms with Gasteiger partial charge >= 0.3 is 0 Å². The second kappa shape index (κ2) is 10.2. The first kappa shape index (κ1) is 25.8. The molecular weight excluding hydrogens is 436 g/mol. The molecule has 0 unspecified atom stereocenters. The quantitative estimate of drug-likeness (QED) is 0.381. The van der Waals surface area contributed by atoms with Crippen molar-refractivity contribution in [3.8, 4) is 11.8 Å². The Morgan fingerprint density at radius 2 is 1.67 bits per heavy atom. The van der Waals surface area contributed by atoms with Gasteiger partial charge in [0.05, 0.1) is 0 Å². The Kier molecular flexibility index (Phi) is 7.29. The average molecular weight is 485 g/mol. The molecule has 0 bridgehead atoms. The molecule has 0 N–H and O–H groups in total. The van der Waals surface area contributed by atoms with Crippen molar-refractivity contribution in [2.24, 2.45) is 52.3 Å². The van der Waals surface area contributed by atoms with E-state index in [0.29, 0.717) is 23.0 Å². The summed E-state index contributed by atoms with van der Waals surface area (Å²) in [6.07, 6.45) is 14.8. The molecule has 0 amide bonds. The van der Waals surface area contributed by atoms with Gasteiger partial charge in [-0.3, -0.25) is 4.79 Å². The predicted molar refractivity (Wildman–Crippen MR) is 150 cm³/mol. The molecule has 1 heteroatoms. The summed E-state index contributed by atoms with van der Waals surface area (Å²) in [6, 6.07) is 10.2. The summed E-state index contributed by atoms with van der Waals surface area (Å²) in [7, 11) is 0. The minimum Gasteiger partial charge on any atom is -0.299 e. The number of fused-ring (bicyclic) bond motifs is 5. The minimum atomic E-state index is 0.0732. The third-order valence-electron chi connectivity index (χ3n) is 11.4. The van der Waals surface area contributed by atoms with E-state index >= 15 is 0 Å². The van der Waals surface area contributed by atoms with Crippen LogP contribution in [0.15, 0.2) is 42.0 Å². The Bertz CT molecular complexity index is 1040. The summed E-state index contributed by atoms with van der Waals surface area (Å²) in [5.74, 6) is 11.9. The molecule has 0 aliphatic heterocycles. The molecule has 5 rings (SSSR count). The summed E-state index contributed by atoms with van der Waals surface area (Å²) in [5.41, 5.74) is 2.81. The molecule has 1 aromatic carbocycles. The van der Waals surface area contributed by atoms with Gasteiger partial charge in [0, 0.05) is 17.9 Å². The second-order valence-corrected chi connectivity index (χ2v) is 13.9. The van der Waals surface area contributed by atoms with Crippen LogP contribution in [0.1, 0.15) is 104 Å². The molecule has 4 aliphatic carbocycles. The van der Waals surface area contributed by atoms with Gasteiger partial charge in [-0.25, -0.2) is 0 Å². The van der Waals surface area contributed by atoms with Gasteiger partial charge in [0.25, 0.3) is 0 Å². The lowest BCUT2D eigenvalue weighted by Crippen LogP contribution is -2.55. The maximum absolute atomic E-state index is 13.7. The van der Waals surface area contributed by atoms with Crippen molar-refractivity contribution in [1.29, 1.82) is 0 Å². The molecule has 36 heavy (non-hydrogen) atoms. The summed E-state index contributed by atoms with van der Waals surface area (Å²) >= 11 is 0. The first-order valence-electron chi connectivity index (χ1n) is 15.0. The zero-order valence-electron chi connectivity index (χ0n) is 23.5. The lowest BCUT2D eigenvalue weighted by atomic mass is 9.44. The van der Waals surface area contributed by atoms with E-state index in [1.807, 2.05) is 18.2 Å². The highest BCUT2D eigenvalue weighted by Gasteiger charge is 2.61. The highest BCUT2D eigenvalue weighted by Crippen LogP contribution is 2.67. The van der Waals surface area contributed by atoms with Gasteiger partial charge in [-0.2, -0.15) is 0 Å². The normalized spacial score (nSPS) is 38.3. The highest BCUT2D eigenvalue weighted by atomic mass is 16.1. The molecule has 0 radical (unpaired) electrons. The predicted octanol–water partition coefficient (Wildman–Crippen LogP) is 8.87. The van der Waals surface area contributed by atoms with Gasteiger partial charge in [0.15, 0.2) is 0 Å². The zero-order valence-corrected chi connectivity index (χ0v) is 23.5. The average Bonchev–Trinajstić information content (AvgIpc) is 3.21. The molecule has 0 heterocycles. The van der Waals surface area contributed by atoms with E-state index in [1.165, 1.54) is 50.5 Å². The molecule has 3 saturated carbocycles. The van der Waals surface area contributed by atoms with Gasteiger partial charge in [0.2, 0.25) is 0 Å². The fourth-order valence-electron chi connectivity index (χ4n) is 9.46. The maximum atomic E-state index is 13.7. The van der Waals surface area contributed by atoms with Crippen molar-refractivity contribution in [1.82, 2.24) is 0 Å². The molecular formula is C35H48O. The molecule has 4 aliphatic rings. The van der Waals surface area contributed by atoms with Crippen LogP contribution in [0.5, 0.6) is 0 Å². The van der Waals surface area contributed by atoms with Gasteiger partial charge in [-0.15, -0.1) is 0 Å². The molecule has 8 atom stereocenters. The van der Waals surface area contributed by atoms with Crippen molar-refractivity contribution in [2.75, 3.05) is 0 Å². The van der Waals surface area contributed by atoms with E-state index in [2.05, 4.69) is 64.7 Å². The number of allylic oxidation sites excluding steroid dienone is 2. The smallest absolute Gasteiger partial charge is 0.140 e. The second-order valence-electron chi connectivity index (χ2n) is 13.9. The van der Waals surface area contributed by atoms with Gasteiger partial charge in [-0.1, -0.05) is 90.0 Å². The summed E-state index contributed by atoms with van der Waals surface area (Å²) in [4.78, 5) is 13.7. The minimum absolute atomic E-state index is 0.0732. The van der Waals surface area contributed by atoms with E-state index in [-0.39, 0.29) is 11.3 Å². The number of hydrogen-bond acceptors (Lipinski definition) is 1. The number of carbonyl (C=O) groups excluding carboxylic acids is 1. The molecule has 1 nitrogen and oxygen atoms in total. The molecule has 0 aromatic heterocycles. The van der Waals surface area contributed by atoms with Gasteiger partial charge in [-0.05, 0) is 103 Å². The fraction of sp³-hybridized carbons (Fsp3) is 0.686. The van der Waals surface area contributed by atoms with Crippen LogP contribution in [-0.2, 0) is 4.79 Å². The van der Waals surface area contributed by atoms with Crippen LogP contribution < -0.4 is 0 Å². The Morgan fingerprint density at radius 3 is 2.42 bits per heavy atom. The van der Waals surface area contributed by atoms with Crippen LogP contribution in [0.3, 0.4) is 0 Å². The van der Waals surface area contributed by atoms with Crippen molar-refractivity contribution in [3.63, 3.8) is 0 Å². The van der Waals surface area contributed by atoms with Crippen LogP contribution in [0.25, 0.3) is 0 Å². The van der Waals surface area contributed by atoms with Crippen LogP contribution in [0.4, 0.5) is 0 Å². The third-order valence-corrected chi connectivity index (χ3v) is 11.4. The van der Waals surface area contributed by atoms with Crippen molar-refractivity contribution < 1.29 is 4.79 Å².